The van der Waals surface area contributed by atoms with Crippen LogP contribution in [-0.4, -0.2) is 27.7 Å². The van der Waals surface area contributed by atoms with Crippen molar-refractivity contribution in [3.8, 4) is 17.2 Å². The fraction of sp³-hybridized carbons (Fsp3) is 0.263. The van der Waals surface area contributed by atoms with Gasteiger partial charge < -0.3 is 19.1 Å². The summed E-state index contributed by atoms with van der Waals surface area (Å²) in [6, 6.07) is 9.91. The third-order valence-corrected chi connectivity index (χ3v) is 3.86. The molecule has 140 valence electrons. The Bertz CT molecular complexity index is 976. The highest BCUT2D eigenvalue weighted by atomic mass is 16.5. The molecule has 1 N–H and O–H groups in total. The predicted molar refractivity (Wildman–Crippen MR) is 99.6 cm³/mol. The van der Waals surface area contributed by atoms with Gasteiger partial charge in [-0.15, -0.1) is 0 Å². The number of methoxy groups -OCH3 is 1. The minimum absolute atomic E-state index is 0.130. The summed E-state index contributed by atoms with van der Waals surface area (Å²) in [5, 5.41) is 6.65. The Morgan fingerprint density at radius 1 is 1.22 bits per heavy atom. The van der Waals surface area contributed by atoms with Crippen LogP contribution in [0.4, 0.5) is 5.69 Å². The van der Waals surface area contributed by atoms with Crippen LogP contribution >= 0.6 is 0 Å². The maximum absolute atomic E-state index is 12.3. The minimum atomic E-state index is -0.323. The Balaban J connectivity index is 1.73. The number of hydrogen-bond donors (Lipinski definition) is 1. The van der Waals surface area contributed by atoms with Gasteiger partial charge in [0.05, 0.1) is 12.7 Å². The van der Waals surface area contributed by atoms with Crippen LogP contribution in [0.1, 0.15) is 19.2 Å². The van der Waals surface area contributed by atoms with Gasteiger partial charge in [0.1, 0.15) is 12.3 Å². The van der Waals surface area contributed by atoms with E-state index in [9.17, 15) is 9.59 Å². The van der Waals surface area contributed by atoms with E-state index in [-0.39, 0.29) is 18.0 Å². The van der Waals surface area contributed by atoms with Crippen molar-refractivity contribution in [3.63, 3.8) is 0 Å². The number of anilines is 1. The Labute approximate surface area is 155 Å². The maximum Gasteiger partial charge on any atom is 0.259 e. The maximum atomic E-state index is 12.3. The minimum Gasteiger partial charge on any atom is -0.497 e. The quantitative estimate of drug-likeness (QED) is 0.688. The van der Waals surface area contributed by atoms with E-state index in [1.54, 1.807) is 43.6 Å². The largest absolute Gasteiger partial charge is 0.497 e. The second-order valence-electron chi connectivity index (χ2n) is 5.93. The van der Waals surface area contributed by atoms with Gasteiger partial charge in [-0.1, -0.05) is 12.1 Å². The van der Waals surface area contributed by atoms with Crippen molar-refractivity contribution < 1.29 is 14.1 Å². The lowest BCUT2D eigenvalue weighted by Gasteiger charge is -2.08. The summed E-state index contributed by atoms with van der Waals surface area (Å²) in [6.45, 7) is 1.90. The summed E-state index contributed by atoms with van der Waals surface area (Å²) in [5.41, 5.74) is 0.907. The average molecular weight is 368 g/mol. The van der Waals surface area contributed by atoms with Gasteiger partial charge in [-0.05, 0) is 36.8 Å². The summed E-state index contributed by atoms with van der Waals surface area (Å²) >= 11 is 0. The van der Waals surface area contributed by atoms with E-state index in [1.807, 2.05) is 6.92 Å². The number of carbonyl (C=O) groups is 1. The first-order valence-corrected chi connectivity index (χ1v) is 8.56. The number of amides is 1. The number of carbonyl (C=O) groups excluding carboxylic acids is 1. The summed E-state index contributed by atoms with van der Waals surface area (Å²) in [6.07, 6.45) is 3.16. The van der Waals surface area contributed by atoms with Gasteiger partial charge in [0, 0.05) is 24.4 Å². The van der Waals surface area contributed by atoms with Crippen molar-refractivity contribution in [1.82, 2.24) is 14.7 Å². The first-order chi connectivity index (χ1) is 13.1. The van der Waals surface area contributed by atoms with E-state index >= 15 is 0 Å². The van der Waals surface area contributed by atoms with E-state index in [2.05, 4.69) is 15.5 Å². The number of nitrogens with one attached hydrogen (secondary N) is 1. The van der Waals surface area contributed by atoms with Crippen LogP contribution in [-0.2, 0) is 17.8 Å². The fourth-order valence-electron chi connectivity index (χ4n) is 2.51. The molecule has 0 saturated carbocycles. The SMILES string of the molecule is CCCc1noc(-c2ccc(=O)n(CC(=O)Nc3ccc(OC)cc3)c2)n1. The topological polar surface area (TPSA) is 99.2 Å². The van der Waals surface area contributed by atoms with Crippen LogP contribution in [0.2, 0.25) is 0 Å². The molecular weight excluding hydrogens is 348 g/mol. The van der Waals surface area contributed by atoms with Crippen molar-refractivity contribution in [2.75, 3.05) is 12.4 Å². The normalized spacial score (nSPS) is 10.6. The molecule has 0 radical (unpaired) electrons. The third kappa shape index (κ3) is 4.60. The highest BCUT2D eigenvalue weighted by Gasteiger charge is 2.11. The number of rotatable bonds is 7. The first-order valence-electron chi connectivity index (χ1n) is 8.56. The van der Waals surface area contributed by atoms with E-state index in [4.69, 9.17) is 9.26 Å². The molecule has 2 aromatic heterocycles. The lowest BCUT2D eigenvalue weighted by Crippen LogP contribution is -2.26. The molecule has 0 saturated heterocycles. The number of hydrogen-bond acceptors (Lipinski definition) is 6. The van der Waals surface area contributed by atoms with Gasteiger partial charge in [0.15, 0.2) is 5.82 Å². The van der Waals surface area contributed by atoms with Crippen molar-refractivity contribution in [3.05, 3.63) is 58.8 Å². The van der Waals surface area contributed by atoms with Crippen LogP contribution in [0, 0.1) is 0 Å². The van der Waals surface area contributed by atoms with E-state index in [1.165, 1.54) is 10.6 Å². The highest BCUT2D eigenvalue weighted by Crippen LogP contribution is 2.17. The smallest absolute Gasteiger partial charge is 0.259 e. The van der Waals surface area contributed by atoms with Crippen molar-refractivity contribution >= 4 is 11.6 Å². The number of ether oxygens (including phenoxy) is 1. The molecule has 8 nitrogen and oxygen atoms in total. The zero-order valence-electron chi connectivity index (χ0n) is 15.1. The van der Waals surface area contributed by atoms with Gasteiger partial charge in [-0.2, -0.15) is 4.98 Å². The second-order valence-corrected chi connectivity index (χ2v) is 5.93. The van der Waals surface area contributed by atoms with Crippen LogP contribution in [0.15, 0.2) is 51.9 Å². The molecule has 0 aliphatic heterocycles. The van der Waals surface area contributed by atoms with Crippen molar-refractivity contribution in [2.45, 2.75) is 26.3 Å². The molecule has 0 atom stereocenters. The van der Waals surface area contributed by atoms with Gasteiger partial charge in [-0.3, -0.25) is 9.59 Å². The molecule has 3 rings (SSSR count). The Kier molecular flexibility index (Phi) is 5.65. The molecule has 3 aromatic rings. The third-order valence-electron chi connectivity index (χ3n) is 3.86. The number of pyridine rings is 1. The van der Waals surface area contributed by atoms with Crippen molar-refractivity contribution in [2.24, 2.45) is 0 Å². The molecule has 0 unspecified atom stereocenters. The average Bonchev–Trinajstić information content (AvgIpc) is 3.13. The Morgan fingerprint density at radius 2 is 2.00 bits per heavy atom. The molecule has 0 fully saturated rings. The summed E-state index contributed by atoms with van der Waals surface area (Å²) in [7, 11) is 1.57. The van der Waals surface area contributed by atoms with Gasteiger partial charge in [0.25, 0.3) is 11.4 Å². The van der Waals surface area contributed by atoms with Crippen LogP contribution in [0.25, 0.3) is 11.5 Å². The van der Waals surface area contributed by atoms with E-state index in [0.29, 0.717) is 35.1 Å². The number of nitrogens with zero attached hydrogens (tertiary/aromatic N) is 3. The molecule has 8 heteroatoms. The van der Waals surface area contributed by atoms with Crippen LogP contribution in [0.3, 0.4) is 0 Å². The monoisotopic (exact) mass is 368 g/mol. The Hall–Kier alpha value is -3.42. The number of aryl methyl sites for hydroxylation is 1. The molecule has 0 bridgehead atoms. The summed E-state index contributed by atoms with van der Waals surface area (Å²) in [5.74, 6) is 1.31. The predicted octanol–water partition coefficient (Wildman–Crippen LogP) is 2.50. The standard InChI is InChI=1S/C19H20N4O4/c1-3-4-16-21-19(27-22-16)13-5-10-18(25)23(11-13)12-17(24)20-14-6-8-15(26-2)9-7-14/h5-11H,3-4,12H2,1-2H3,(H,20,24). The molecule has 0 aliphatic rings. The fourth-order valence-corrected chi connectivity index (χ4v) is 2.51. The molecule has 2 heterocycles. The van der Waals surface area contributed by atoms with E-state index < -0.39 is 0 Å². The van der Waals surface area contributed by atoms with Crippen LogP contribution in [0.5, 0.6) is 5.75 Å². The van der Waals surface area contributed by atoms with Gasteiger partial charge in [-0.25, -0.2) is 0 Å². The highest BCUT2D eigenvalue weighted by molar-refractivity contribution is 5.90. The zero-order valence-corrected chi connectivity index (χ0v) is 15.1. The zero-order chi connectivity index (χ0) is 19.2. The van der Waals surface area contributed by atoms with Gasteiger partial charge >= 0.3 is 0 Å². The summed E-state index contributed by atoms with van der Waals surface area (Å²) < 4.78 is 11.6. The lowest BCUT2D eigenvalue weighted by atomic mass is 10.2. The molecule has 27 heavy (non-hydrogen) atoms. The van der Waals surface area contributed by atoms with Crippen molar-refractivity contribution in [1.29, 1.82) is 0 Å². The van der Waals surface area contributed by atoms with Crippen LogP contribution < -0.4 is 15.6 Å². The van der Waals surface area contributed by atoms with E-state index in [0.717, 1.165) is 6.42 Å². The lowest BCUT2D eigenvalue weighted by molar-refractivity contribution is -0.116. The Morgan fingerprint density at radius 3 is 2.70 bits per heavy atom. The second kappa shape index (κ2) is 8.31. The number of aromatic nitrogens is 3. The first kappa shape index (κ1) is 18.4. The molecule has 1 aromatic carbocycles. The molecule has 0 aliphatic carbocycles. The van der Waals surface area contributed by atoms with Gasteiger partial charge in [0.2, 0.25) is 5.91 Å². The molecule has 1 amide bonds. The molecule has 0 spiro atoms. The number of benzene rings is 1. The summed E-state index contributed by atoms with van der Waals surface area (Å²) in [4.78, 5) is 28.7. The molecular formula is C19H20N4O4.